The van der Waals surface area contributed by atoms with E-state index in [-0.39, 0.29) is 0 Å². The predicted octanol–water partition coefficient (Wildman–Crippen LogP) is 1.20. The molecule has 1 rings (SSSR count). The summed E-state index contributed by atoms with van der Waals surface area (Å²) in [5.41, 5.74) is 0. The van der Waals surface area contributed by atoms with Crippen molar-refractivity contribution in [3.63, 3.8) is 0 Å². The summed E-state index contributed by atoms with van der Waals surface area (Å²) in [5.74, 6) is 0.852. The Morgan fingerprint density at radius 1 is 1.50 bits per heavy atom. The third-order valence-corrected chi connectivity index (χ3v) is 2.13. The van der Waals surface area contributed by atoms with E-state index in [1.165, 1.54) is 0 Å². The Hall–Kier alpha value is -0.940. The van der Waals surface area contributed by atoms with Crippen LogP contribution in [-0.2, 0) is 17.8 Å². The lowest BCUT2D eigenvalue weighted by molar-refractivity contribution is 0.140. The molecule has 1 aromatic heterocycles. The first-order valence-electron chi connectivity index (χ1n) is 5.91. The van der Waals surface area contributed by atoms with Crippen molar-refractivity contribution in [1.29, 1.82) is 0 Å². The van der Waals surface area contributed by atoms with Crippen LogP contribution in [0.1, 0.15) is 33.0 Å². The lowest BCUT2D eigenvalue weighted by atomic mass is 10.4. The molecule has 0 aliphatic rings. The van der Waals surface area contributed by atoms with Gasteiger partial charge < -0.3 is 10.1 Å². The maximum atomic E-state index is 5.27. The second-order valence-electron chi connectivity index (χ2n) is 4.01. The molecule has 0 radical (unpaired) electrons. The van der Waals surface area contributed by atoms with E-state index in [4.69, 9.17) is 4.74 Å². The minimum absolute atomic E-state index is 0.463. The molecule has 0 unspecified atom stereocenters. The number of hydrogen-bond acceptors (Lipinski definition) is 4. The van der Waals surface area contributed by atoms with E-state index in [0.29, 0.717) is 6.04 Å². The first-order valence-corrected chi connectivity index (χ1v) is 5.91. The van der Waals surface area contributed by atoms with E-state index in [9.17, 15) is 0 Å². The fourth-order valence-electron chi connectivity index (χ4n) is 1.29. The van der Waals surface area contributed by atoms with Crippen molar-refractivity contribution in [3.05, 3.63) is 12.2 Å². The lowest BCUT2D eigenvalue weighted by Crippen LogP contribution is -2.22. The van der Waals surface area contributed by atoms with E-state index >= 15 is 0 Å². The fraction of sp³-hybridized carbons (Fsp3) is 0.818. The van der Waals surface area contributed by atoms with Gasteiger partial charge in [0, 0.05) is 25.8 Å². The van der Waals surface area contributed by atoms with Gasteiger partial charge in [0.05, 0.1) is 6.54 Å². The molecular weight excluding hydrogens is 204 g/mol. The van der Waals surface area contributed by atoms with Crippen molar-refractivity contribution in [1.82, 2.24) is 20.1 Å². The first kappa shape index (κ1) is 13.1. The monoisotopic (exact) mass is 226 g/mol. The minimum atomic E-state index is 0.463. The van der Waals surface area contributed by atoms with Crippen LogP contribution in [0, 0.1) is 0 Å². The van der Waals surface area contributed by atoms with Crippen LogP contribution >= 0.6 is 0 Å². The Labute approximate surface area is 97.2 Å². The topological polar surface area (TPSA) is 52.0 Å². The highest BCUT2D eigenvalue weighted by molar-refractivity contribution is 4.81. The molecule has 92 valence electrons. The highest BCUT2D eigenvalue weighted by Gasteiger charge is 2.01. The molecule has 0 amide bonds. The number of hydrogen-bond donors (Lipinski definition) is 1. The molecule has 0 aromatic carbocycles. The SMILES string of the molecule is CCOCCCn1cnc(CNC(C)C)n1. The van der Waals surface area contributed by atoms with Crippen LogP contribution in [0.3, 0.4) is 0 Å². The Morgan fingerprint density at radius 3 is 3.00 bits per heavy atom. The van der Waals surface area contributed by atoms with Crippen molar-refractivity contribution in [2.24, 2.45) is 0 Å². The van der Waals surface area contributed by atoms with Gasteiger partial charge in [0.25, 0.3) is 0 Å². The molecule has 5 nitrogen and oxygen atoms in total. The molecule has 0 spiro atoms. The zero-order valence-corrected chi connectivity index (χ0v) is 10.4. The van der Waals surface area contributed by atoms with E-state index in [1.807, 2.05) is 11.6 Å². The van der Waals surface area contributed by atoms with Gasteiger partial charge in [-0.15, -0.1) is 0 Å². The van der Waals surface area contributed by atoms with Gasteiger partial charge in [0.15, 0.2) is 5.82 Å². The summed E-state index contributed by atoms with van der Waals surface area (Å²) in [4.78, 5) is 4.24. The zero-order chi connectivity index (χ0) is 11.8. The highest BCUT2D eigenvalue weighted by Crippen LogP contribution is 1.93. The van der Waals surface area contributed by atoms with Gasteiger partial charge in [-0.25, -0.2) is 4.98 Å². The van der Waals surface area contributed by atoms with Crippen LogP contribution < -0.4 is 5.32 Å². The molecular formula is C11H22N4O. The van der Waals surface area contributed by atoms with E-state index in [0.717, 1.165) is 38.5 Å². The van der Waals surface area contributed by atoms with Gasteiger partial charge in [0.1, 0.15) is 6.33 Å². The van der Waals surface area contributed by atoms with Crippen LogP contribution in [0.4, 0.5) is 0 Å². The van der Waals surface area contributed by atoms with Crippen molar-refractivity contribution in [2.75, 3.05) is 13.2 Å². The maximum Gasteiger partial charge on any atom is 0.164 e. The Balaban J connectivity index is 2.22. The Kier molecular flexibility index (Phi) is 6.03. The number of rotatable bonds is 8. The predicted molar refractivity (Wildman–Crippen MR) is 63.1 cm³/mol. The molecule has 0 fully saturated rings. The Bertz CT molecular complexity index is 285. The summed E-state index contributed by atoms with van der Waals surface area (Å²) in [6.45, 7) is 9.39. The number of nitrogens with one attached hydrogen (secondary N) is 1. The van der Waals surface area contributed by atoms with Crippen molar-refractivity contribution in [3.8, 4) is 0 Å². The Morgan fingerprint density at radius 2 is 2.31 bits per heavy atom. The molecule has 0 saturated heterocycles. The molecule has 0 aliphatic heterocycles. The molecule has 0 bridgehead atoms. The summed E-state index contributed by atoms with van der Waals surface area (Å²) in [6, 6.07) is 0.463. The molecule has 0 atom stereocenters. The van der Waals surface area contributed by atoms with Gasteiger partial charge in [-0.05, 0) is 13.3 Å². The second kappa shape index (κ2) is 7.35. The lowest BCUT2D eigenvalue weighted by Gasteiger charge is -2.04. The average Bonchev–Trinajstić information content (AvgIpc) is 2.70. The third kappa shape index (κ3) is 5.23. The zero-order valence-electron chi connectivity index (χ0n) is 10.4. The van der Waals surface area contributed by atoms with Crippen LogP contribution in [0.5, 0.6) is 0 Å². The summed E-state index contributed by atoms with van der Waals surface area (Å²) in [7, 11) is 0. The summed E-state index contributed by atoms with van der Waals surface area (Å²) in [6.07, 6.45) is 2.76. The second-order valence-corrected chi connectivity index (χ2v) is 4.01. The molecule has 0 aliphatic carbocycles. The fourth-order valence-corrected chi connectivity index (χ4v) is 1.29. The van der Waals surface area contributed by atoms with E-state index in [1.54, 1.807) is 6.33 Å². The average molecular weight is 226 g/mol. The largest absolute Gasteiger partial charge is 0.382 e. The molecule has 0 saturated carbocycles. The van der Waals surface area contributed by atoms with Crippen LogP contribution in [0.25, 0.3) is 0 Å². The van der Waals surface area contributed by atoms with Crippen molar-refractivity contribution < 1.29 is 4.74 Å². The van der Waals surface area contributed by atoms with Crippen LogP contribution in [0.2, 0.25) is 0 Å². The van der Waals surface area contributed by atoms with E-state index in [2.05, 4.69) is 29.2 Å². The first-order chi connectivity index (χ1) is 7.72. The smallest absolute Gasteiger partial charge is 0.164 e. The number of ether oxygens (including phenoxy) is 1. The quantitative estimate of drug-likeness (QED) is 0.677. The minimum Gasteiger partial charge on any atom is -0.382 e. The van der Waals surface area contributed by atoms with Gasteiger partial charge in [-0.3, -0.25) is 4.68 Å². The molecule has 5 heteroatoms. The molecule has 1 N–H and O–H groups in total. The molecule has 16 heavy (non-hydrogen) atoms. The van der Waals surface area contributed by atoms with Crippen molar-refractivity contribution in [2.45, 2.75) is 46.3 Å². The van der Waals surface area contributed by atoms with Gasteiger partial charge in [0.2, 0.25) is 0 Å². The molecule has 1 heterocycles. The summed E-state index contributed by atoms with van der Waals surface area (Å²) < 4.78 is 7.14. The standard InChI is InChI=1S/C11H22N4O/c1-4-16-7-5-6-15-9-13-11(14-15)8-12-10(2)3/h9-10,12H,4-8H2,1-3H3. The summed E-state index contributed by atoms with van der Waals surface area (Å²) in [5, 5.41) is 7.66. The highest BCUT2D eigenvalue weighted by atomic mass is 16.5. The maximum absolute atomic E-state index is 5.27. The van der Waals surface area contributed by atoms with E-state index < -0.39 is 0 Å². The van der Waals surface area contributed by atoms with Gasteiger partial charge in [-0.1, -0.05) is 13.8 Å². The number of nitrogens with zero attached hydrogens (tertiary/aromatic N) is 3. The van der Waals surface area contributed by atoms with Crippen LogP contribution in [-0.4, -0.2) is 34.0 Å². The van der Waals surface area contributed by atoms with Gasteiger partial charge >= 0.3 is 0 Å². The van der Waals surface area contributed by atoms with Crippen molar-refractivity contribution >= 4 is 0 Å². The third-order valence-electron chi connectivity index (χ3n) is 2.13. The van der Waals surface area contributed by atoms with Gasteiger partial charge in [-0.2, -0.15) is 5.10 Å². The number of aromatic nitrogens is 3. The molecule has 1 aromatic rings. The van der Waals surface area contributed by atoms with Crippen LogP contribution in [0.15, 0.2) is 6.33 Å². The number of aryl methyl sites for hydroxylation is 1. The normalized spacial score (nSPS) is 11.2. The summed E-state index contributed by atoms with van der Waals surface area (Å²) >= 11 is 0.